The first-order chi connectivity index (χ1) is 6.84. The highest BCUT2D eigenvalue weighted by atomic mass is 35.5. The lowest BCUT2D eigenvalue weighted by Gasteiger charge is -2.32. The van der Waals surface area contributed by atoms with Crippen molar-refractivity contribution in [2.45, 2.75) is 38.1 Å². The van der Waals surface area contributed by atoms with Gasteiger partial charge in [0, 0.05) is 11.9 Å². The Morgan fingerprint density at radius 3 is 2.93 bits per heavy atom. The van der Waals surface area contributed by atoms with E-state index in [4.69, 9.17) is 11.6 Å². The molecule has 1 nitrogen and oxygen atoms in total. The molecule has 0 spiro atoms. The van der Waals surface area contributed by atoms with Crippen molar-refractivity contribution < 1.29 is 0 Å². The Kier molecular flexibility index (Phi) is 7.09. The van der Waals surface area contributed by atoms with Crippen LogP contribution >= 0.6 is 23.4 Å². The molecule has 3 heteroatoms. The van der Waals surface area contributed by atoms with E-state index in [1.165, 1.54) is 43.7 Å². The predicted molar refractivity (Wildman–Crippen MR) is 67.5 cm³/mol. The maximum atomic E-state index is 5.63. The van der Waals surface area contributed by atoms with Gasteiger partial charge in [-0.3, -0.25) is 0 Å². The highest BCUT2D eigenvalue weighted by molar-refractivity contribution is 7.99. The third-order valence-electron chi connectivity index (χ3n) is 2.94. The van der Waals surface area contributed by atoms with Crippen molar-refractivity contribution in [1.29, 1.82) is 0 Å². The predicted octanol–water partition coefficient (Wildman–Crippen LogP) is 3.22. The normalized spacial score (nSPS) is 24.0. The summed E-state index contributed by atoms with van der Waals surface area (Å²) in [6.07, 6.45) is 6.76. The molecule has 1 atom stereocenters. The number of hydrogen-bond acceptors (Lipinski definition) is 2. The van der Waals surface area contributed by atoms with Gasteiger partial charge in [-0.1, -0.05) is 6.42 Å². The summed E-state index contributed by atoms with van der Waals surface area (Å²) in [6.45, 7) is 1.30. The number of rotatable bonds is 6. The second kappa shape index (κ2) is 7.84. The highest BCUT2D eigenvalue weighted by Gasteiger charge is 2.17. The summed E-state index contributed by atoms with van der Waals surface area (Å²) in [5, 5.41) is 0. The van der Waals surface area contributed by atoms with Crippen LogP contribution in [0.2, 0.25) is 0 Å². The van der Waals surface area contributed by atoms with Gasteiger partial charge in [0.15, 0.2) is 0 Å². The Hall–Kier alpha value is 0.600. The Labute approximate surface area is 97.6 Å². The topological polar surface area (TPSA) is 3.24 Å². The summed E-state index contributed by atoms with van der Waals surface area (Å²) in [7, 11) is 2.27. The minimum Gasteiger partial charge on any atom is -0.303 e. The quantitative estimate of drug-likeness (QED) is 0.514. The summed E-state index contributed by atoms with van der Waals surface area (Å²) >= 11 is 7.69. The van der Waals surface area contributed by atoms with Crippen LogP contribution < -0.4 is 0 Å². The van der Waals surface area contributed by atoms with Crippen molar-refractivity contribution in [1.82, 2.24) is 4.90 Å². The summed E-state index contributed by atoms with van der Waals surface area (Å²) in [5.74, 6) is 3.36. The fourth-order valence-corrected chi connectivity index (χ4v) is 3.27. The minimum absolute atomic E-state index is 0.816. The molecule has 0 N–H and O–H groups in total. The molecule has 0 aromatic heterocycles. The van der Waals surface area contributed by atoms with Gasteiger partial charge in [-0.05, 0) is 50.8 Å². The number of nitrogens with zero attached hydrogens (tertiary/aromatic N) is 1. The molecule has 0 bridgehead atoms. The molecular weight excluding hydrogens is 214 g/mol. The van der Waals surface area contributed by atoms with Gasteiger partial charge in [0.05, 0.1) is 0 Å². The van der Waals surface area contributed by atoms with Gasteiger partial charge in [0.25, 0.3) is 0 Å². The molecular formula is C11H22ClNS. The second-order valence-corrected chi connectivity index (χ2v) is 5.68. The van der Waals surface area contributed by atoms with Crippen LogP contribution in [0.1, 0.15) is 32.1 Å². The monoisotopic (exact) mass is 235 g/mol. The molecule has 1 aliphatic heterocycles. The van der Waals surface area contributed by atoms with Crippen LogP contribution in [0.4, 0.5) is 0 Å². The molecule has 0 aromatic carbocycles. The SMILES string of the molecule is CN1CCCCC1CCSCCCCl. The first kappa shape index (κ1) is 12.7. The molecule has 0 aliphatic carbocycles. The van der Waals surface area contributed by atoms with E-state index in [9.17, 15) is 0 Å². The number of piperidine rings is 1. The molecule has 0 saturated carbocycles. The zero-order valence-electron chi connectivity index (χ0n) is 9.17. The van der Waals surface area contributed by atoms with Crippen LogP contribution in [-0.2, 0) is 0 Å². The minimum atomic E-state index is 0.816. The van der Waals surface area contributed by atoms with Crippen LogP contribution in [0.15, 0.2) is 0 Å². The van der Waals surface area contributed by atoms with Crippen molar-refractivity contribution in [3.8, 4) is 0 Å². The van der Waals surface area contributed by atoms with E-state index < -0.39 is 0 Å². The molecule has 0 amide bonds. The van der Waals surface area contributed by atoms with Gasteiger partial charge >= 0.3 is 0 Å². The lowest BCUT2D eigenvalue weighted by Crippen LogP contribution is -2.36. The lowest BCUT2D eigenvalue weighted by atomic mass is 10.0. The summed E-state index contributed by atoms with van der Waals surface area (Å²) in [5.41, 5.74) is 0. The molecule has 1 heterocycles. The number of halogens is 1. The van der Waals surface area contributed by atoms with E-state index in [2.05, 4.69) is 23.7 Å². The van der Waals surface area contributed by atoms with Crippen LogP contribution in [-0.4, -0.2) is 41.9 Å². The molecule has 1 aliphatic rings. The van der Waals surface area contributed by atoms with Crippen LogP contribution in [0, 0.1) is 0 Å². The number of alkyl halides is 1. The first-order valence-electron chi connectivity index (χ1n) is 5.68. The Bertz CT molecular complexity index is 143. The fourth-order valence-electron chi connectivity index (χ4n) is 1.99. The lowest BCUT2D eigenvalue weighted by molar-refractivity contribution is 0.182. The molecule has 84 valence electrons. The largest absolute Gasteiger partial charge is 0.303 e. The molecule has 0 radical (unpaired) electrons. The summed E-state index contributed by atoms with van der Waals surface area (Å²) in [6, 6.07) is 0.854. The van der Waals surface area contributed by atoms with Gasteiger partial charge in [0.1, 0.15) is 0 Å². The van der Waals surface area contributed by atoms with E-state index in [0.29, 0.717) is 0 Å². The zero-order valence-corrected chi connectivity index (χ0v) is 10.7. The second-order valence-electron chi connectivity index (χ2n) is 4.07. The fraction of sp³-hybridized carbons (Fsp3) is 1.00. The van der Waals surface area contributed by atoms with E-state index in [1.54, 1.807) is 0 Å². The molecule has 1 fully saturated rings. The third-order valence-corrected chi connectivity index (χ3v) is 4.31. The maximum Gasteiger partial charge on any atom is 0.0231 e. The van der Waals surface area contributed by atoms with E-state index in [-0.39, 0.29) is 0 Å². The smallest absolute Gasteiger partial charge is 0.0231 e. The van der Waals surface area contributed by atoms with Gasteiger partial charge in [-0.25, -0.2) is 0 Å². The highest BCUT2D eigenvalue weighted by Crippen LogP contribution is 2.19. The Morgan fingerprint density at radius 2 is 2.21 bits per heavy atom. The van der Waals surface area contributed by atoms with E-state index in [1.807, 2.05) is 0 Å². The van der Waals surface area contributed by atoms with Crippen molar-refractivity contribution in [2.75, 3.05) is 31.0 Å². The van der Waals surface area contributed by atoms with Gasteiger partial charge in [-0.2, -0.15) is 11.8 Å². The summed E-state index contributed by atoms with van der Waals surface area (Å²) < 4.78 is 0. The maximum absolute atomic E-state index is 5.63. The first-order valence-corrected chi connectivity index (χ1v) is 7.37. The average molecular weight is 236 g/mol. The van der Waals surface area contributed by atoms with Crippen molar-refractivity contribution in [3.63, 3.8) is 0 Å². The number of likely N-dealkylation sites (tertiary alicyclic amines) is 1. The Balaban J connectivity index is 1.99. The average Bonchev–Trinajstić information content (AvgIpc) is 2.20. The molecule has 0 aromatic rings. The van der Waals surface area contributed by atoms with Crippen LogP contribution in [0.25, 0.3) is 0 Å². The van der Waals surface area contributed by atoms with Crippen molar-refractivity contribution >= 4 is 23.4 Å². The summed E-state index contributed by atoms with van der Waals surface area (Å²) in [4.78, 5) is 2.53. The zero-order chi connectivity index (χ0) is 10.2. The van der Waals surface area contributed by atoms with Crippen LogP contribution in [0.5, 0.6) is 0 Å². The van der Waals surface area contributed by atoms with Crippen molar-refractivity contribution in [3.05, 3.63) is 0 Å². The molecule has 1 rings (SSSR count). The van der Waals surface area contributed by atoms with Gasteiger partial charge in [0.2, 0.25) is 0 Å². The van der Waals surface area contributed by atoms with Crippen molar-refractivity contribution in [2.24, 2.45) is 0 Å². The molecule has 1 unspecified atom stereocenters. The number of thioether (sulfide) groups is 1. The van der Waals surface area contributed by atoms with Crippen LogP contribution in [0.3, 0.4) is 0 Å². The third kappa shape index (κ3) is 4.90. The van der Waals surface area contributed by atoms with E-state index in [0.717, 1.165) is 18.3 Å². The Morgan fingerprint density at radius 1 is 1.36 bits per heavy atom. The van der Waals surface area contributed by atoms with Gasteiger partial charge < -0.3 is 4.90 Å². The van der Waals surface area contributed by atoms with Gasteiger partial charge in [-0.15, -0.1) is 11.6 Å². The van der Waals surface area contributed by atoms with E-state index >= 15 is 0 Å². The number of hydrogen-bond donors (Lipinski definition) is 0. The standard InChI is InChI=1S/C11H22ClNS/c1-13-8-3-2-5-11(13)6-10-14-9-4-7-12/h11H,2-10H2,1H3. The molecule has 14 heavy (non-hydrogen) atoms. The molecule has 1 saturated heterocycles.